The Morgan fingerprint density at radius 2 is 1.94 bits per heavy atom. The molecule has 0 aliphatic heterocycles. The van der Waals surface area contributed by atoms with Gasteiger partial charge in [-0.3, -0.25) is 24.3 Å². The van der Waals surface area contributed by atoms with Crippen LogP contribution in [0.2, 0.25) is 0 Å². The number of fused-ring (bicyclic) bond motifs is 1. The van der Waals surface area contributed by atoms with E-state index in [0.717, 1.165) is 24.0 Å². The first-order chi connectivity index (χ1) is 16.4. The van der Waals surface area contributed by atoms with E-state index in [1.54, 1.807) is 12.1 Å². The van der Waals surface area contributed by atoms with Gasteiger partial charge in [0.1, 0.15) is 23.9 Å². The van der Waals surface area contributed by atoms with Crippen LogP contribution in [0.1, 0.15) is 30.0 Å². The van der Waals surface area contributed by atoms with Crippen LogP contribution in [0.3, 0.4) is 0 Å². The number of para-hydroxylation sites is 2. The normalized spacial score (nSPS) is 14.1. The number of aromatic nitrogens is 4. The number of hydrogen-bond donors (Lipinski definition) is 1. The maximum absolute atomic E-state index is 13.0. The van der Waals surface area contributed by atoms with Gasteiger partial charge in [-0.25, -0.2) is 9.67 Å². The first-order valence-electron chi connectivity index (χ1n) is 11.0. The Balaban J connectivity index is 1.40. The van der Waals surface area contributed by atoms with Gasteiger partial charge in [0.25, 0.3) is 11.2 Å². The van der Waals surface area contributed by atoms with Crippen LogP contribution in [0.25, 0.3) is 16.7 Å². The monoisotopic (exact) mass is 458 g/mol. The summed E-state index contributed by atoms with van der Waals surface area (Å²) in [6, 6.07) is 14.1. The number of rotatable bonds is 7. The fourth-order valence-electron chi connectivity index (χ4n) is 4.09. The first kappa shape index (κ1) is 21.5. The minimum Gasteiger partial charge on any atom is -0.347 e. The van der Waals surface area contributed by atoms with E-state index < -0.39 is 10.5 Å². The van der Waals surface area contributed by atoms with E-state index in [2.05, 4.69) is 15.4 Å². The molecule has 0 radical (unpaired) electrons. The molecule has 0 bridgehead atoms. The van der Waals surface area contributed by atoms with E-state index in [0.29, 0.717) is 5.92 Å². The molecule has 172 valence electrons. The van der Waals surface area contributed by atoms with E-state index in [-0.39, 0.29) is 40.9 Å². The van der Waals surface area contributed by atoms with Gasteiger partial charge in [-0.05, 0) is 37.3 Å². The second-order valence-corrected chi connectivity index (χ2v) is 8.51. The van der Waals surface area contributed by atoms with Gasteiger partial charge in [-0.1, -0.05) is 42.0 Å². The molecule has 2 aromatic heterocycles. The second-order valence-electron chi connectivity index (χ2n) is 8.51. The third-order valence-electron chi connectivity index (χ3n) is 6.02. The van der Waals surface area contributed by atoms with Gasteiger partial charge in [0, 0.05) is 6.07 Å². The molecule has 2 heterocycles. The topological polar surface area (TPSA) is 125 Å². The number of carbonyl (C=O) groups excluding carboxylic acids is 1. The van der Waals surface area contributed by atoms with Crippen molar-refractivity contribution in [3.63, 3.8) is 0 Å². The summed E-state index contributed by atoms with van der Waals surface area (Å²) < 4.78 is 2.49. The zero-order valence-electron chi connectivity index (χ0n) is 18.4. The lowest BCUT2D eigenvalue weighted by Gasteiger charge is -2.19. The summed E-state index contributed by atoms with van der Waals surface area (Å²) in [5.74, 6) is 0.107. The quantitative estimate of drug-likeness (QED) is 0.335. The summed E-state index contributed by atoms with van der Waals surface area (Å²) in [5.41, 5.74) is 2.00. The van der Waals surface area contributed by atoms with Crippen LogP contribution in [0, 0.1) is 23.0 Å². The van der Waals surface area contributed by atoms with Crippen molar-refractivity contribution in [2.24, 2.45) is 5.92 Å². The minimum atomic E-state index is -0.515. The highest BCUT2D eigenvalue weighted by Crippen LogP contribution is 2.41. The highest BCUT2D eigenvalue weighted by molar-refractivity contribution is 5.78. The number of nitrogens with zero attached hydrogens (tertiary/aromatic N) is 5. The molecule has 5 rings (SSSR count). The predicted octanol–water partition coefficient (Wildman–Crippen LogP) is 3.07. The van der Waals surface area contributed by atoms with E-state index in [9.17, 15) is 19.7 Å². The van der Waals surface area contributed by atoms with E-state index in [1.165, 1.54) is 33.9 Å². The SMILES string of the molecule is Cc1ccc(C(NC(=O)Cn2cnc3c(cnn3-c3ccccc3[N+](=O)[O-])c2=O)C2CC2)cc1. The van der Waals surface area contributed by atoms with Crippen molar-refractivity contribution in [1.29, 1.82) is 0 Å². The van der Waals surface area contributed by atoms with Crippen LogP contribution in [0.4, 0.5) is 5.69 Å². The first-order valence-corrected chi connectivity index (χ1v) is 11.0. The highest BCUT2D eigenvalue weighted by atomic mass is 16.6. The smallest absolute Gasteiger partial charge is 0.294 e. The average Bonchev–Trinajstić information content (AvgIpc) is 3.58. The summed E-state index contributed by atoms with van der Waals surface area (Å²) in [5, 5.41) is 18.8. The van der Waals surface area contributed by atoms with Crippen LogP contribution in [-0.4, -0.2) is 30.2 Å². The number of aryl methyl sites for hydroxylation is 1. The number of hydrogen-bond acceptors (Lipinski definition) is 6. The number of nitrogens with one attached hydrogen (secondary N) is 1. The fraction of sp³-hybridized carbons (Fsp3) is 0.250. The number of amides is 1. The van der Waals surface area contributed by atoms with Gasteiger partial charge in [0.15, 0.2) is 5.65 Å². The van der Waals surface area contributed by atoms with Gasteiger partial charge in [-0.2, -0.15) is 5.10 Å². The lowest BCUT2D eigenvalue weighted by atomic mass is 10.0. The van der Waals surface area contributed by atoms with Gasteiger partial charge in [-0.15, -0.1) is 0 Å². The Kier molecular flexibility index (Phi) is 5.40. The maximum Gasteiger partial charge on any atom is 0.294 e. The van der Waals surface area contributed by atoms with Gasteiger partial charge in [0.2, 0.25) is 5.91 Å². The number of nitro groups is 1. The molecule has 1 unspecified atom stereocenters. The Morgan fingerprint density at radius 1 is 1.21 bits per heavy atom. The molecule has 1 fully saturated rings. The summed E-state index contributed by atoms with van der Waals surface area (Å²) in [4.78, 5) is 41.0. The van der Waals surface area contributed by atoms with Crippen LogP contribution >= 0.6 is 0 Å². The molecule has 34 heavy (non-hydrogen) atoms. The van der Waals surface area contributed by atoms with Crippen LogP contribution < -0.4 is 10.9 Å². The molecule has 1 atom stereocenters. The minimum absolute atomic E-state index is 0.0955. The molecule has 1 saturated carbocycles. The van der Waals surface area contributed by atoms with Gasteiger partial charge in [0.05, 0.1) is 17.2 Å². The Labute approximate surface area is 194 Å². The van der Waals surface area contributed by atoms with Crippen molar-refractivity contribution in [2.45, 2.75) is 32.4 Å². The largest absolute Gasteiger partial charge is 0.347 e. The lowest BCUT2D eigenvalue weighted by Crippen LogP contribution is -2.35. The number of benzene rings is 2. The average molecular weight is 458 g/mol. The molecule has 1 N–H and O–H groups in total. The molecule has 1 aliphatic carbocycles. The summed E-state index contributed by atoms with van der Waals surface area (Å²) in [6.45, 7) is 1.83. The van der Waals surface area contributed by atoms with Crippen molar-refractivity contribution in [3.05, 3.63) is 92.7 Å². The van der Waals surface area contributed by atoms with Crippen LogP contribution in [0.15, 0.2) is 65.8 Å². The molecular weight excluding hydrogens is 436 g/mol. The van der Waals surface area contributed by atoms with Crippen molar-refractivity contribution >= 4 is 22.6 Å². The zero-order chi connectivity index (χ0) is 23.8. The zero-order valence-corrected chi connectivity index (χ0v) is 18.4. The molecule has 1 aliphatic rings. The third kappa shape index (κ3) is 4.05. The fourth-order valence-corrected chi connectivity index (χ4v) is 4.09. The molecule has 10 heteroatoms. The molecule has 0 saturated heterocycles. The van der Waals surface area contributed by atoms with Crippen LogP contribution in [0.5, 0.6) is 0 Å². The number of nitro benzene ring substituents is 1. The Bertz CT molecular complexity index is 1450. The number of carbonyl (C=O) groups is 1. The standard InChI is InChI=1S/C24H22N6O4/c1-15-6-8-16(9-7-15)22(17-10-11-17)27-21(31)13-28-14-25-23-18(24(28)32)12-26-29(23)19-4-2-3-5-20(19)30(33)34/h2-9,12,14,17,22H,10-11,13H2,1H3,(H,27,31). The van der Waals surface area contributed by atoms with Crippen molar-refractivity contribution in [1.82, 2.24) is 24.6 Å². The third-order valence-corrected chi connectivity index (χ3v) is 6.02. The van der Waals surface area contributed by atoms with Gasteiger partial charge >= 0.3 is 0 Å². The second kappa shape index (κ2) is 8.54. The molecule has 2 aromatic carbocycles. The molecular formula is C24H22N6O4. The van der Waals surface area contributed by atoms with E-state index >= 15 is 0 Å². The van der Waals surface area contributed by atoms with Gasteiger partial charge < -0.3 is 5.32 Å². The summed E-state index contributed by atoms with van der Waals surface area (Å²) >= 11 is 0. The maximum atomic E-state index is 13.0. The molecule has 1 amide bonds. The lowest BCUT2D eigenvalue weighted by molar-refractivity contribution is -0.384. The molecule has 10 nitrogen and oxygen atoms in total. The predicted molar refractivity (Wildman–Crippen MR) is 125 cm³/mol. The highest BCUT2D eigenvalue weighted by Gasteiger charge is 2.33. The summed E-state index contributed by atoms with van der Waals surface area (Å²) in [6.07, 6.45) is 4.69. The molecule has 0 spiro atoms. The molecule has 4 aromatic rings. The van der Waals surface area contributed by atoms with Crippen LogP contribution in [-0.2, 0) is 11.3 Å². The Morgan fingerprint density at radius 3 is 2.65 bits per heavy atom. The van der Waals surface area contributed by atoms with E-state index in [4.69, 9.17) is 0 Å². The van der Waals surface area contributed by atoms with Crippen molar-refractivity contribution in [3.8, 4) is 5.69 Å². The summed E-state index contributed by atoms with van der Waals surface area (Å²) in [7, 11) is 0. The van der Waals surface area contributed by atoms with Crippen molar-refractivity contribution in [2.75, 3.05) is 0 Å². The Hall–Kier alpha value is -4.34. The van der Waals surface area contributed by atoms with E-state index in [1.807, 2.05) is 31.2 Å². The van der Waals surface area contributed by atoms with Crippen molar-refractivity contribution < 1.29 is 9.72 Å².